The number of hydrogen-bond donors (Lipinski definition) is 0. The standard InChI is InChI=1S/C21H42OS/c1-3-5-7-9-10-11-12-13-14-15-16-18-20-22-21(23)19-17-8-6-4-2/h3-20H2,1-2H3. The topological polar surface area (TPSA) is 9.23 Å². The first-order chi connectivity index (χ1) is 11.3. The number of unbranched alkanes of at least 4 members (excludes halogenated alkanes) is 14. The van der Waals surface area contributed by atoms with Crippen LogP contribution in [-0.2, 0) is 4.74 Å². The smallest absolute Gasteiger partial charge is 0.159 e. The maximum atomic E-state index is 5.65. The molecule has 0 saturated heterocycles. The molecule has 0 unspecified atom stereocenters. The Bertz CT molecular complexity index is 240. The van der Waals surface area contributed by atoms with Crippen molar-refractivity contribution in [1.29, 1.82) is 0 Å². The molecule has 0 spiro atoms. The summed E-state index contributed by atoms with van der Waals surface area (Å²) in [5.74, 6) is 0. The number of thiocarbonyl (C=S) groups is 1. The Morgan fingerprint density at radius 2 is 0.957 bits per heavy atom. The van der Waals surface area contributed by atoms with Gasteiger partial charge in [-0.25, -0.2) is 0 Å². The van der Waals surface area contributed by atoms with Crippen molar-refractivity contribution in [2.24, 2.45) is 0 Å². The fraction of sp³-hybridized carbons (Fsp3) is 0.952. The van der Waals surface area contributed by atoms with Crippen LogP contribution in [0, 0.1) is 0 Å². The van der Waals surface area contributed by atoms with Crippen LogP contribution in [0.5, 0.6) is 0 Å². The van der Waals surface area contributed by atoms with Crippen molar-refractivity contribution in [2.45, 2.75) is 123 Å². The first kappa shape index (κ1) is 22.9. The molecule has 0 aromatic heterocycles. The second-order valence-electron chi connectivity index (χ2n) is 6.92. The van der Waals surface area contributed by atoms with E-state index in [1.165, 1.54) is 103 Å². The molecule has 0 fully saturated rings. The van der Waals surface area contributed by atoms with Crippen LogP contribution >= 0.6 is 12.2 Å². The van der Waals surface area contributed by atoms with Gasteiger partial charge >= 0.3 is 0 Å². The van der Waals surface area contributed by atoms with Crippen molar-refractivity contribution >= 4 is 17.3 Å². The van der Waals surface area contributed by atoms with E-state index >= 15 is 0 Å². The average Bonchev–Trinajstić information content (AvgIpc) is 2.56. The van der Waals surface area contributed by atoms with Crippen LogP contribution in [0.2, 0.25) is 0 Å². The van der Waals surface area contributed by atoms with E-state index in [0.29, 0.717) is 0 Å². The quantitative estimate of drug-likeness (QED) is 0.184. The zero-order valence-electron chi connectivity index (χ0n) is 16.0. The lowest BCUT2D eigenvalue weighted by molar-refractivity contribution is 0.290. The summed E-state index contributed by atoms with van der Waals surface area (Å²) in [6.07, 6.45) is 22.7. The van der Waals surface area contributed by atoms with Gasteiger partial charge in [-0.2, -0.15) is 0 Å². The minimum atomic E-state index is 0.837. The van der Waals surface area contributed by atoms with E-state index in [4.69, 9.17) is 17.0 Å². The summed E-state index contributed by atoms with van der Waals surface area (Å²) in [6, 6.07) is 0. The zero-order valence-corrected chi connectivity index (χ0v) is 16.9. The van der Waals surface area contributed by atoms with Gasteiger partial charge in [-0.1, -0.05) is 104 Å². The molecule has 23 heavy (non-hydrogen) atoms. The second kappa shape index (κ2) is 19.9. The van der Waals surface area contributed by atoms with Crippen LogP contribution in [-0.4, -0.2) is 11.7 Å². The van der Waals surface area contributed by atoms with Gasteiger partial charge in [0.1, 0.15) is 0 Å². The van der Waals surface area contributed by atoms with Crippen molar-refractivity contribution < 1.29 is 4.74 Å². The summed E-state index contributed by atoms with van der Waals surface area (Å²) in [6.45, 7) is 5.36. The summed E-state index contributed by atoms with van der Waals surface area (Å²) in [4.78, 5) is 0. The van der Waals surface area contributed by atoms with Gasteiger partial charge in [-0.05, 0) is 25.1 Å². The molecule has 0 heterocycles. The minimum absolute atomic E-state index is 0.837. The van der Waals surface area contributed by atoms with Crippen LogP contribution in [0.1, 0.15) is 123 Å². The first-order valence-electron chi connectivity index (χ1n) is 10.5. The molecule has 0 bridgehead atoms. The SMILES string of the molecule is CCCCCCCCCCCCCCOC(=S)CCCCCC. The molecule has 0 N–H and O–H groups in total. The first-order valence-corrected chi connectivity index (χ1v) is 10.9. The van der Waals surface area contributed by atoms with E-state index in [1.807, 2.05) is 0 Å². The van der Waals surface area contributed by atoms with Gasteiger partial charge < -0.3 is 4.74 Å². The molecular formula is C21H42OS. The van der Waals surface area contributed by atoms with Gasteiger partial charge in [0, 0.05) is 6.42 Å². The van der Waals surface area contributed by atoms with Crippen molar-refractivity contribution in [3.05, 3.63) is 0 Å². The lowest BCUT2D eigenvalue weighted by atomic mass is 10.1. The van der Waals surface area contributed by atoms with E-state index in [0.717, 1.165) is 18.1 Å². The highest BCUT2D eigenvalue weighted by Gasteiger charge is 1.98. The average molecular weight is 343 g/mol. The largest absolute Gasteiger partial charge is 0.487 e. The summed E-state index contributed by atoms with van der Waals surface area (Å²) in [5, 5.41) is 0.837. The third-order valence-corrected chi connectivity index (χ3v) is 4.82. The van der Waals surface area contributed by atoms with Gasteiger partial charge in [-0.3, -0.25) is 0 Å². The Labute approximate surface area is 152 Å². The fourth-order valence-electron chi connectivity index (χ4n) is 2.90. The molecule has 0 atom stereocenters. The Morgan fingerprint density at radius 3 is 1.43 bits per heavy atom. The molecule has 0 aliphatic carbocycles. The van der Waals surface area contributed by atoms with Crippen LogP contribution in [0.25, 0.3) is 0 Å². The van der Waals surface area contributed by atoms with Gasteiger partial charge in [0.05, 0.1) is 6.61 Å². The fourth-order valence-corrected chi connectivity index (χ4v) is 3.13. The Balaban J connectivity index is 3.08. The second-order valence-corrected chi connectivity index (χ2v) is 7.38. The predicted molar refractivity (Wildman–Crippen MR) is 108 cm³/mol. The normalized spacial score (nSPS) is 10.9. The molecule has 0 radical (unpaired) electrons. The lowest BCUT2D eigenvalue weighted by Gasteiger charge is -2.07. The van der Waals surface area contributed by atoms with Gasteiger partial charge in [-0.15, -0.1) is 0 Å². The van der Waals surface area contributed by atoms with Crippen molar-refractivity contribution in [3.8, 4) is 0 Å². The monoisotopic (exact) mass is 342 g/mol. The van der Waals surface area contributed by atoms with Gasteiger partial charge in [0.25, 0.3) is 0 Å². The zero-order chi connectivity index (χ0) is 17.0. The summed E-state index contributed by atoms with van der Waals surface area (Å²) < 4.78 is 5.65. The minimum Gasteiger partial charge on any atom is -0.487 e. The molecule has 0 rings (SSSR count). The Kier molecular flexibility index (Phi) is 19.8. The van der Waals surface area contributed by atoms with Crippen molar-refractivity contribution in [1.82, 2.24) is 0 Å². The summed E-state index contributed by atoms with van der Waals surface area (Å²) >= 11 is 5.27. The highest BCUT2D eigenvalue weighted by atomic mass is 32.1. The van der Waals surface area contributed by atoms with Crippen LogP contribution in [0.3, 0.4) is 0 Å². The predicted octanol–water partition coefficient (Wildman–Crippen LogP) is 8.00. The van der Waals surface area contributed by atoms with E-state index in [2.05, 4.69) is 13.8 Å². The number of rotatable bonds is 18. The van der Waals surface area contributed by atoms with Gasteiger partial charge in [0.15, 0.2) is 5.05 Å². The molecule has 138 valence electrons. The van der Waals surface area contributed by atoms with Crippen LogP contribution < -0.4 is 0 Å². The van der Waals surface area contributed by atoms with E-state index < -0.39 is 0 Å². The maximum absolute atomic E-state index is 5.65. The molecule has 1 nitrogen and oxygen atoms in total. The van der Waals surface area contributed by atoms with Crippen molar-refractivity contribution in [3.63, 3.8) is 0 Å². The molecule has 0 saturated carbocycles. The third-order valence-electron chi connectivity index (χ3n) is 4.50. The van der Waals surface area contributed by atoms with Gasteiger partial charge in [0.2, 0.25) is 0 Å². The number of ether oxygens (including phenoxy) is 1. The Hall–Kier alpha value is -0.110. The molecule has 0 amide bonds. The van der Waals surface area contributed by atoms with Crippen LogP contribution in [0.15, 0.2) is 0 Å². The molecular weight excluding hydrogens is 300 g/mol. The molecule has 0 aromatic rings. The third kappa shape index (κ3) is 19.8. The van der Waals surface area contributed by atoms with E-state index in [9.17, 15) is 0 Å². The van der Waals surface area contributed by atoms with Crippen LogP contribution in [0.4, 0.5) is 0 Å². The maximum Gasteiger partial charge on any atom is 0.159 e. The number of hydrogen-bond acceptors (Lipinski definition) is 2. The highest BCUT2D eigenvalue weighted by Crippen LogP contribution is 2.12. The highest BCUT2D eigenvalue weighted by molar-refractivity contribution is 7.80. The van der Waals surface area contributed by atoms with E-state index in [-0.39, 0.29) is 0 Å². The molecule has 2 heteroatoms. The summed E-state index contributed by atoms with van der Waals surface area (Å²) in [5.41, 5.74) is 0. The molecule has 0 aliphatic rings. The summed E-state index contributed by atoms with van der Waals surface area (Å²) in [7, 11) is 0. The lowest BCUT2D eigenvalue weighted by Crippen LogP contribution is -2.03. The molecule has 0 aliphatic heterocycles. The van der Waals surface area contributed by atoms with Crippen molar-refractivity contribution in [2.75, 3.05) is 6.61 Å². The van der Waals surface area contributed by atoms with E-state index in [1.54, 1.807) is 0 Å². The Morgan fingerprint density at radius 1 is 0.565 bits per heavy atom. The molecule has 0 aromatic carbocycles.